The van der Waals surface area contributed by atoms with Crippen molar-refractivity contribution in [1.29, 1.82) is 0 Å². The second kappa shape index (κ2) is 5.93. The molecule has 2 unspecified atom stereocenters. The van der Waals surface area contributed by atoms with Crippen LogP contribution in [0.5, 0.6) is 0 Å². The number of hydrogen-bond donors (Lipinski definition) is 2. The fraction of sp³-hybridized carbons (Fsp3) is 0.538. The van der Waals surface area contributed by atoms with E-state index in [1.165, 1.54) is 0 Å². The topological polar surface area (TPSA) is 77.2 Å². The van der Waals surface area contributed by atoms with Crippen LogP contribution in [0.25, 0.3) is 0 Å². The summed E-state index contributed by atoms with van der Waals surface area (Å²) in [7, 11) is 0. The molecule has 1 aliphatic heterocycles. The molecule has 3 N–H and O–H groups in total. The number of pyridine rings is 1. The molecule has 0 aliphatic carbocycles. The number of aromatic nitrogens is 1. The number of amides is 1. The van der Waals surface area contributed by atoms with Gasteiger partial charge in [-0.1, -0.05) is 0 Å². The van der Waals surface area contributed by atoms with Crippen molar-refractivity contribution in [2.24, 2.45) is 5.73 Å². The molecule has 5 nitrogen and oxygen atoms in total. The Morgan fingerprint density at radius 2 is 2.56 bits per heavy atom. The molecule has 1 saturated heterocycles. The summed E-state index contributed by atoms with van der Waals surface area (Å²) in [5.74, 6) is -0.102. The Balaban J connectivity index is 1.97. The molecule has 5 heteroatoms. The van der Waals surface area contributed by atoms with E-state index < -0.39 is 0 Å². The smallest absolute Gasteiger partial charge is 0.251 e. The molecule has 1 aromatic heterocycles. The van der Waals surface area contributed by atoms with E-state index in [1.54, 1.807) is 18.3 Å². The number of nitrogens with one attached hydrogen (secondary N) is 1. The third-order valence-corrected chi connectivity index (χ3v) is 3.17. The van der Waals surface area contributed by atoms with Crippen LogP contribution in [0, 0.1) is 0 Å². The van der Waals surface area contributed by atoms with Gasteiger partial charge < -0.3 is 15.8 Å². The number of carbonyl (C=O) groups is 1. The van der Waals surface area contributed by atoms with E-state index in [0.717, 1.165) is 19.4 Å². The highest BCUT2D eigenvalue weighted by molar-refractivity contribution is 5.94. The van der Waals surface area contributed by atoms with Crippen LogP contribution in [0.2, 0.25) is 0 Å². The van der Waals surface area contributed by atoms with Crippen LogP contribution >= 0.6 is 0 Å². The van der Waals surface area contributed by atoms with Crippen LogP contribution in [0.4, 0.5) is 0 Å². The van der Waals surface area contributed by atoms with Crippen molar-refractivity contribution < 1.29 is 9.53 Å². The van der Waals surface area contributed by atoms with Crippen molar-refractivity contribution in [2.75, 3.05) is 6.61 Å². The molecule has 2 rings (SSSR count). The lowest BCUT2D eigenvalue weighted by Gasteiger charge is -2.20. The highest BCUT2D eigenvalue weighted by Crippen LogP contribution is 2.15. The molecule has 1 fully saturated rings. The Morgan fingerprint density at radius 1 is 1.72 bits per heavy atom. The predicted molar refractivity (Wildman–Crippen MR) is 68.0 cm³/mol. The number of ether oxygens (including phenoxy) is 1. The number of carbonyl (C=O) groups excluding carboxylic acids is 1. The monoisotopic (exact) mass is 249 g/mol. The van der Waals surface area contributed by atoms with Gasteiger partial charge in [0.15, 0.2) is 0 Å². The molecule has 1 aliphatic rings. The zero-order valence-corrected chi connectivity index (χ0v) is 10.6. The zero-order valence-electron chi connectivity index (χ0n) is 10.6. The summed E-state index contributed by atoms with van der Waals surface area (Å²) >= 11 is 0. The molecule has 0 aromatic carbocycles. The van der Waals surface area contributed by atoms with Gasteiger partial charge in [0.05, 0.1) is 17.8 Å². The largest absolute Gasteiger partial charge is 0.376 e. The molecule has 2 atom stereocenters. The first kappa shape index (κ1) is 13.0. The van der Waals surface area contributed by atoms with Gasteiger partial charge in [-0.05, 0) is 31.9 Å². The van der Waals surface area contributed by atoms with E-state index in [-0.39, 0.29) is 18.1 Å². The minimum Gasteiger partial charge on any atom is -0.376 e. The molecule has 1 aromatic rings. The van der Waals surface area contributed by atoms with Crippen LogP contribution in [0.1, 0.15) is 35.8 Å². The van der Waals surface area contributed by atoms with E-state index in [9.17, 15) is 4.79 Å². The molecule has 0 saturated carbocycles. The maximum atomic E-state index is 12.0. The van der Waals surface area contributed by atoms with E-state index in [4.69, 9.17) is 10.5 Å². The Morgan fingerprint density at radius 3 is 3.22 bits per heavy atom. The fourth-order valence-corrected chi connectivity index (χ4v) is 2.11. The number of rotatable bonds is 4. The van der Waals surface area contributed by atoms with E-state index in [0.29, 0.717) is 17.8 Å². The predicted octanol–water partition coefficient (Wildman–Crippen LogP) is 0.838. The number of hydrogen-bond acceptors (Lipinski definition) is 4. The average Bonchev–Trinajstić information content (AvgIpc) is 2.92. The molecule has 18 heavy (non-hydrogen) atoms. The van der Waals surface area contributed by atoms with Crippen molar-refractivity contribution in [1.82, 2.24) is 10.3 Å². The first-order chi connectivity index (χ1) is 8.70. The van der Waals surface area contributed by atoms with Gasteiger partial charge in [-0.2, -0.15) is 0 Å². The fourth-order valence-electron chi connectivity index (χ4n) is 2.11. The van der Waals surface area contributed by atoms with Gasteiger partial charge in [0.2, 0.25) is 0 Å². The van der Waals surface area contributed by atoms with Gasteiger partial charge in [-0.3, -0.25) is 9.78 Å². The summed E-state index contributed by atoms with van der Waals surface area (Å²) in [6.45, 7) is 3.10. The molecular formula is C13H19N3O2. The van der Waals surface area contributed by atoms with E-state index >= 15 is 0 Å². The standard InChI is InChI=1S/C13H19N3O2/c1-9(12-3-2-6-18-12)16-13(17)10-4-5-15-11(7-10)8-14/h4-5,7,9,12H,2-3,6,8,14H2,1H3,(H,16,17). The second-order valence-corrected chi connectivity index (χ2v) is 4.55. The highest BCUT2D eigenvalue weighted by atomic mass is 16.5. The van der Waals surface area contributed by atoms with Crippen molar-refractivity contribution >= 4 is 5.91 Å². The summed E-state index contributed by atoms with van der Waals surface area (Å²) in [4.78, 5) is 16.1. The minimum absolute atomic E-state index is 0.0227. The van der Waals surface area contributed by atoms with Gasteiger partial charge in [-0.25, -0.2) is 0 Å². The Hall–Kier alpha value is -1.46. The molecule has 0 spiro atoms. The lowest BCUT2D eigenvalue weighted by Crippen LogP contribution is -2.40. The number of nitrogens with zero attached hydrogens (tertiary/aromatic N) is 1. The maximum absolute atomic E-state index is 12.0. The number of nitrogens with two attached hydrogens (primary N) is 1. The van der Waals surface area contributed by atoms with Gasteiger partial charge in [-0.15, -0.1) is 0 Å². The Kier molecular flexibility index (Phi) is 4.28. The first-order valence-electron chi connectivity index (χ1n) is 6.28. The molecule has 0 radical (unpaired) electrons. The van der Waals surface area contributed by atoms with E-state index in [1.807, 2.05) is 6.92 Å². The summed E-state index contributed by atoms with van der Waals surface area (Å²) in [6.07, 6.45) is 3.81. The van der Waals surface area contributed by atoms with Gasteiger partial charge in [0.1, 0.15) is 0 Å². The summed E-state index contributed by atoms with van der Waals surface area (Å²) in [6, 6.07) is 3.43. The second-order valence-electron chi connectivity index (χ2n) is 4.55. The van der Waals surface area contributed by atoms with Crippen LogP contribution < -0.4 is 11.1 Å². The highest BCUT2D eigenvalue weighted by Gasteiger charge is 2.23. The normalized spacial score (nSPS) is 20.7. The molecule has 1 amide bonds. The van der Waals surface area contributed by atoms with Crippen molar-refractivity contribution in [3.8, 4) is 0 Å². The van der Waals surface area contributed by atoms with Crippen LogP contribution in [0.15, 0.2) is 18.3 Å². The lowest BCUT2D eigenvalue weighted by molar-refractivity contribution is 0.0712. The SMILES string of the molecule is CC(NC(=O)c1ccnc(CN)c1)C1CCCO1. The average molecular weight is 249 g/mol. The van der Waals surface area contributed by atoms with Crippen LogP contribution in [-0.4, -0.2) is 29.6 Å². The Bertz CT molecular complexity index is 416. The molecule has 2 heterocycles. The lowest BCUT2D eigenvalue weighted by atomic mass is 10.1. The first-order valence-corrected chi connectivity index (χ1v) is 6.28. The summed E-state index contributed by atoms with van der Waals surface area (Å²) in [5.41, 5.74) is 6.81. The van der Waals surface area contributed by atoms with Gasteiger partial charge in [0.25, 0.3) is 5.91 Å². The quantitative estimate of drug-likeness (QED) is 0.829. The summed E-state index contributed by atoms with van der Waals surface area (Å²) < 4.78 is 5.55. The Labute approximate surface area is 107 Å². The van der Waals surface area contributed by atoms with Crippen LogP contribution in [-0.2, 0) is 11.3 Å². The zero-order chi connectivity index (χ0) is 13.0. The van der Waals surface area contributed by atoms with E-state index in [2.05, 4.69) is 10.3 Å². The van der Waals surface area contributed by atoms with Gasteiger partial charge >= 0.3 is 0 Å². The van der Waals surface area contributed by atoms with Crippen LogP contribution in [0.3, 0.4) is 0 Å². The van der Waals surface area contributed by atoms with Crippen molar-refractivity contribution in [3.05, 3.63) is 29.6 Å². The third-order valence-electron chi connectivity index (χ3n) is 3.17. The molecular weight excluding hydrogens is 230 g/mol. The molecule has 98 valence electrons. The van der Waals surface area contributed by atoms with Gasteiger partial charge in [0, 0.05) is 24.9 Å². The minimum atomic E-state index is -0.102. The third kappa shape index (κ3) is 3.05. The van der Waals surface area contributed by atoms with Crippen molar-refractivity contribution in [2.45, 2.75) is 38.5 Å². The molecule has 0 bridgehead atoms. The maximum Gasteiger partial charge on any atom is 0.251 e. The van der Waals surface area contributed by atoms with Crippen molar-refractivity contribution in [3.63, 3.8) is 0 Å². The summed E-state index contributed by atoms with van der Waals surface area (Å²) in [5, 5.41) is 2.96.